The quantitative estimate of drug-likeness (QED) is 0.832. The third-order valence-corrected chi connectivity index (χ3v) is 5.66. The highest BCUT2D eigenvalue weighted by Crippen LogP contribution is 2.54. The van der Waals surface area contributed by atoms with Crippen LogP contribution in [0, 0.1) is 22.2 Å². The number of hydrogen-bond acceptors (Lipinski definition) is 3. The fourth-order valence-electron chi connectivity index (χ4n) is 3.82. The second kappa shape index (κ2) is 5.07. The van der Waals surface area contributed by atoms with Crippen molar-refractivity contribution in [2.45, 2.75) is 76.9 Å². The van der Waals surface area contributed by atoms with E-state index in [-0.39, 0.29) is 6.10 Å². The summed E-state index contributed by atoms with van der Waals surface area (Å²) >= 11 is 0. The first-order valence-electron chi connectivity index (χ1n) is 7.53. The molecule has 0 aromatic heterocycles. The topological polar surface area (TPSA) is 53.2 Å². The molecule has 0 saturated heterocycles. The molecule has 19 heavy (non-hydrogen) atoms. The molecule has 2 aliphatic carbocycles. The maximum absolute atomic E-state index is 11.1. The Morgan fingerprint density at radius 2 is 1.58 bits per heavy atom. The largest absolute Gasteiger partial charge is 0.388 e. The Morgan fingerprint density at radius 3 is 2.00 bits per heavy atom. The third-order valence-electron chi connectivity index (χ3n) is 5.66. The Morgan fingerprint density at radius 1 is 1.05 bits per heavy atom. The molecule has 2 rings (SSSR count). The smallest absolute Gasteiger partial charge is 0.0860 e. The van der Waals surface area contributed by atoms with Crippen molar-refractivity contribution >= 4 is 0 Å². The van der Waals surface area contributed by atoms with Crippen LogP contribution in [-0.2, 0) is 4.74 Å². The van der Waals surface area contributed by atoms with E-state index in [0.717, 1.165) is 38.5 Å². The third kappa shape index (κ3) is 2.66. The highest BCUT2D eigenvalue weighted by Gasteiger charge is 2.54. The lowest BCUT2D eigenvalue weighted by molar-refractivity contribution is -0.126. The molecule has 0 atom stereocenters. The molecule has 1 N–H and O–H groups in total. The van der Waals surface area contributed by atoms with E-state index in [1.54, 1.807) is 7.11 Å². The van der Waals surface area contributed by atoms with Crippen LogP contribution >= 0.6 is 0 Å². The Kier molecular flexibility index (Phi) is 3.95. The lowest BCUT2D eigenvalue weighted by atomic mass is 9.55. The Hall–Kier alpha value is -0.590. The zero-order chi connectivity index (χ0) is 14.1. The number of nitrogens with zero attached hydrogens (tertiary/aromatic N) is 1. The zero-order valence-corrected chi connectivity index (χ0v) is 12.5. The van der Waals surface area contributed by atoms with Crippen LogP contribution in [0.4, 0.5) is 0 Å². The maximum Gasteiger partial charge on any atom is 0.0860 e. The summed E-state index contributed by atoms with van der Waals surface area (Å²) in [5.41, 5.74) is -1.01. The van der Waals surface area contributed by atoms with E-state index in [4.69, 9.17) is 4.74 Å². The highest BCUT2D eigenvalue weighted by atomic mass is 16.5. The van der Waals surface area contributed by atoms with Gasteiger partial charge >= 0.3 is 0 Å². The molecule has 0 aromatic carbocycles. The number of methoxy groups -OCH3 is 1. The van der Waals surface area contributed by atoms with Crippen LogP contribution in [0.5, 0.6) is 0 Å². The van der Waals surface area contributed by atoms with Crippen molar-refractivity contribution in [3.8, 4) is 6.07 Å². The van der Waals surface area contributed by atoms with Crippen molar-refractivity contribution in [3.63, 3.8) is 0 Å². The fourth-order valence-corrected chi connectivity index (χ4v) is 3.82. The summed E-state index contributed by atoms with van der Waals surface area (Å²) in [6.07, 6.45) is 7.18. The van der Waals surface area contributed by atoms with Crippen molar-refractivity contribution in [2.75, 3.05) is 7.11 Å². The normalized spacial score (nSPS) is 37.5. The van der Waals surface area contributed by atoms with Crippen molar-refractivity contribution in [3.05, 3.63) is 0 Å². The van der Waals surface area contributed by atoms with Gasteiger partial charge in [0.05, 0.1) is 23.2 Å². The second-order valence-corrected chi connectivity index (χ2v) is 7.32. The summed E-state index contributed by atoms with van der Waals surface area (Å²) in [6, 6.07) is 2.51. The van der Waals surface area contributed by atoms with E-state index in [9.17, 15) is 10.4 Å². The molecule has 0 radical (unpaired) electrons. The molecule has 0 aliphatic heterocycles. The first-order chi connectivity index (χ1) is 8.86. The van der Waals surface area contributed by atoms with E-state index in [2.05, 4.69) is 19.9 Å². The molecule has 2 saturated carbocycles. The van der Waals surface area contributed by atoms with Gasteiger partial charge in [0.2, 0.25) is 0 Å². The van der Waals surface area contributed by atoms with Crippen LogP contribution < -0.4 is 0 Å². The van der Waals surface area contributed by atoms with Gasteiger partial charge in [-0.05, 0) is 56.8 Å². The van der Waals surface area contributed by atoms with Gasteiger partial charge in [-0.15, -0.1) is 0 Å². The average Bonchev–Trinajstić information content (AvgIpc) is 2.40. The Bertz CT molecular complexity index is 351. The number of rotatable bonds is 2. The van der Waals surface area contributed by atoms with Crippen molar-refractivity contribution < 1.29 is 9.84 Å². The van der Waals surface area contributed by atoms with Crippen LogP contribution in [0.2, 0.25) is 0 Å². The fraction of sp³-hybridized carbons (Fsp3) is 0.938. The van der Waals surface area contributed by atoms with E-state index in [1.807, 2.05) is 0 Å². The summed E-state index contributed by atoms with van der Waals surface area (Å²) in [5, 5.41) is 20.8. The molecule has 0 spiro atoms. The minimum absolute atomic E-state index is 0.260. The molecule has 3 nitrogen and oxygen atoms in total. The first-order valence-corrected chi connectivity index (χ1v) is 7.53. The molecule has 3 heteroatoms. The summed E-state index contributed by atoms with van der Waals surface area (Å²) in [5.74, 6) is 0. The summed E-state index contributed by atoms with van der Waals surface area (Å²) in [6.45, 7) is 4.53. The van der Waals surface area contributed by atoms with E-state index in [1.165, 1.54) is 0 Å². The molecule has 108 valence electrons. The molecule has 2 aliphatic rings. The number of aliphatic hydroxyl groups is 1. The molecule has 0 bridgehead atoms. The van der Waals surface area contributed by atoms with Gasteiger partial charge in [0.25, 0.3) is 0 Å². The number of ether oxygens (including phenoxy) is 1. The van der Waals surface area contributed by atoms with Crippen LogP contribution in [0.1, 0.15) is 65.2 Å². The van der Waals surface area contributed by atoms with E-state index < -0.39 is 11.0 Å². The van der Waals surface area contributed by atoms with Gasteiger partial charge in [-0.1, -0.05) is 13.8 Å². The van der Waals surface area contributed by atoms with Crippen LogP contribution in [0.25, 0.3) is 0 Å². The molecule has 0 heterocycles. The second-order valence-electron chi connectivity index (χ2n) is 7.32. The van der Waals surface area contributed by atoms with Gasteiger partial charge in [0, 0.05) is 7.11 Å². The van der Waals surface area contributed by atoms with Crippen molar-refractivity contribution in [1.29, 1.82) is 5.26 Å². The van der Waals surface area contributed by atoms with E-state index >= 15 is 0 Å². The van der Waals surface area contributed by atoms with Crippen LogP contribution in [-0.4, -0.2) is 23.9 Å². The number of hydrogen-bond donors (Lipinski definition) is 1. The zero-order valence-electron chi connectivity index (χ0n) is 12.5. The van der Waals surface area contributed by atoms with Gasteiger partial charge in [-0.2, -0.15) is 5.26 Å². The number of nitriles is 1. The summed E-state index contributed by atoms with van der Waals surface area (Å²) < 4.78 is 5.38. The minimum Gasteiger partial charge on any atom is -0.388 e. The van der Waals surface area contributed by atoms with Gasteiger partial charge in [-0.25, -0.2) is 0 Å². The molecule has 0 aromatic rings. The van der Waals surface area contributed by atoms with Gasteiger partial charge in [-0.3, -0.25) is 0 Å². The minimum atomic E-state index is -0.798. The van der Waals surface area contributed by atoms with Crippen LogP contribution in [0.3, 0.4) is 0 Å². The maximum atomic E-state index is 11.1. The first kappa shape index (κ1) is 14.8. The van der Waals surface area contributed by atoms with Gasteiger partial charge < -0.3 is 9.84 Å². The Balaban J connectivity index is 2.12. The SMILES string of the molecule is COC1CCC(O)(C2(C#N)CCC(C)(C)CC2)CC1. The van der Waals surface area contributed by atoms with Crippen molar-refractivity contribution in [2.24, 2.45) is 10.8 Å². The van der Waals surface area contributed by atoms with Gasteiger partial charge in [0.15, 0.2) is 0 Å². The average molecular weight is 265 g/mol. The predicted molar refractivity (Wildman–Crippen MR) is 74.5 cm³/mol. The molecular weight excluding hydrogens is 238 g/mol. The Labute approximate surface area is 117 Å². The predicted octanol–water partition coefficient (Wildman–Crippen LogP) is 3.42. The summed E-state index contributed by atoms with van der Waals surface area (Å²) in [4.78, 5) is 0. The van der Waals surface area contributed by atoms with Crippen molar-refractivity contribution in [1.82, 2.24) is 0 Å². The van der Waals surface area contributed by atoms with Gasteiger partial charge in [0.1, 0.15) is 0 Å². The van der Waals surface area contributed by atoms with E-state index in [0.29, 0.717) is 18.3 Å². The lowest BCUT2D eigenvalue weighted by Gasteiger charge is -2.50. The molecule has 0 amide bonds. The summed E-state index contributed by atoms with van der Waals surface area (Å²) in [7, 11) is 1.73. The molecule has 0 unspecified atom stereocenters. The standard InChI is InChI=1S/C16H27NO2/c1-14(2)8-10-15(12-17,11-9-14)16(18)6-4-13(19-3)5-7-16/h13,18H,4-11H2,1-3H3. The highest BCUT2D eigenvalue weighted by molar-refractivity contribution is 5.14. The lowest BCUT2D eigenvalue weighted by Crippen LogP contribution is -2.52. The van der Waals surface area contributed by atoms with Crippen LogP contribution in [0.15, 0.2) is 0 Å². The molecule has 2 fully saturated rings. The monoisotopic (exact) mass is 265 g/mol. The molecular formula is C16H27NO2.